The molecule has 4 aromatic rings. The first kappa shape index (κ1) is 22.7. The van der Waals surface area contributed by atoms with Gasteiger partial charge in [-0.05, 0) is 53.6 Å². The van der Waals surface area contributed by atoms with Crippen LogP contribution in [0.1, 0.15) is 36.0 Å². The van der Waals surface area contributed by atoms with Gasteiger partial charge in [-0.25, -0.2) is 8.42 Å². The van der Waals surface area contributed by atoms with Crippen molar-refractivity contribution in [2.45, 2.75) is 37.1 Å². The van der Waals surface area contributed by atoms with Gasteiger partial charge in [-0.2, -0.15) is 5.10 Å². The van der Waals surface area contributed by atoms with Crippen molar-refractivity contribution in [3.05, 3.63) is 53.3 Å². The molecule has 6 rings (SSSR count). The summed E-state index contributed by atoms with van der Waals surface area (Å²) in [6.07, 6.45) is 5.24. The van der Waals surface area contributed by atoms with E-state index in [0.29, 0.717) is 53.9 Å². The van der Waals surface area contributed by atoms with Crippen molar-refractivity contribution >= 4 is 26.8 Å². The van der Waals surface area contributed by atoms with Crippen molar-refractivity contribution in [2.75, 3.05) is 25.5 Å². The highest BCUT2D eigenvalue weighted by atomic mass is 32.2. The van der Waals surface area contributed by atoms with E-state index >= 15 is 0 Å². The van der Waals surface area contributed by atoms with Crippen LogP contribution in [0.2, 0.25) is 0 Å². The molecule has 2 aromatic heterocycles. The summed E-state index contributed by atoms with van der Waals surface area (Å²) in [5.74, 6) is 1.87. The molecule has 2 aliphatic rings. The maximum Gasteiger partial charge on any atom is 0.270 e. The molecule has 1 aliphatic heterocycles. The first-order valence-electron chi connectivity index (χ1n) is 11.8. The first-order chi connectivity index (χ1) is 17.4. The quantitative estimate of drug-likeness (QED) is 0.379. The van der Waals surface area contributed by atoms with E-state index in [2.05, 4.69) is 15.0 Å². The van der Waals surface area contributed by atoms with Gasteiger partial charge in [-0.3, -0.25) is 9.40 Å². The third-order valence-corrected chi connectivity index (χ3v) is 8.34. The fraction of sp³-hybridized carbons (Fsp3) is 0.360. The number of rotatable bonds is 8. The van der Waals surface area contributed by atoms with Crippen LogP contribution in [0.15, 0.2) is 46.1 Å². The van der Waals surface area contributed by atoms with Crippen molar-refractivity contribution < 1.29 is 27.2 Å². The van der Waals surface area contributed by atoms with Gasteiger partial charge in [0.15, 0.2) is 16.3 Å². The second kappa shape index (κ2) is 8.44. The Bertz CT molecular complexity index is 1560. The molecular weight excluding hydrogens is 484 g/mol. The molecule has 0 spiro atoms. The second-order valence-corrected chi connectivity index (χ2v) is 10.7. The number of methoxy groups -OCH3 is 2. The molecule has 2 unspecified atom stereocenters. The van der Waals surface area contributed by atoms with Gasteiger partial charge in [-0.1, -0.05) is 18.1 Å². The lowest BCUT2D eigenvalue weighted by Crippen LogP contribution is -2.19. The third-order valence-electron chi connectivity index (χ3n) is 6.95. The Morgan fingerprint density at radius 1 is 1.25 bits per heavy atom. The van der Waals surface area contributed by atoms with Gasteiger partial charge < -0.3 is 18.7 Å². The number of hydrogen-bond acceptors (Lipinski definition) is 8. The summed E-state index contributed by atoms with van der Waals surface area (Å²) in [6.45, 7) is 3.02. The molecule has 2 aromatic carbocycles. The molecule has 10 nitrogen and oxygen atoms in total. The average molecular weight is 511 g/mol. The van der Waals surface area contributed by atoms with Crippen LogP contribution in [-0.4, -0.2) is 44.2 Å². The van der Waals surface area contributed by atoms with Gasteiger partial charge in [0.1, 0.15) is 22.6 Å². The zero-order valence-corrected chi connectivity index (χ0v) is 21.0. The Hall–Kier alpha value is -3.73. The molecule has 188 valence electrons. The lowest BCUT2D eigenvalue weighted by atomic mass is 10.0. The number of hydrogen-bond donors (Lipinski definition) is 1. The van der Waals surface area contributed by atoms with Crippen LogP contribution < -0.4 is 18.9 Å². The van der Waals surface area contributed by atoms with Crippen LogP contribution in [0.5, 0.6) is 17.2 Å². The summed E-state index contributed by atoms with van der Waals surface area (Å²) in [6, 6.07) is 7.27. The molecule has 2 atom stereocenters. The fourth-order valence-corrected chi connectivity index (χ4v) is 6.49. The minimum Gasteiger partial charge on any atom is -0.496 e. The largest absolute Gasteiger partial charge is 0.496 e. The average Bonchev–Trinajstić information content (AvgIpc) is 3.32. The Morgan fingerprint density at radius 3 is 2.83 bits per heavy atom. The SMILES string of the molecule is CCc1c(Cn2cccn2)cc2onc(NS(=O)(=O)c3c(OC)ccc4c3OCC3CC43)c2c1OC. The molecule has 3 heterocycles. The van der Waals surface area contributed by atoms with E-state index in [1.807, 2.05) is 31.3 Å². The van der Waals surface area contributed by atoms with Gasteiger partial charge in [0.2, 0.25) is 0 Å². The summed E-state index contributed by atoms with van der Waals surface area (Å²) in [7, 11) is -1.17. The van der Waals surface area contributed by atoms with E-state index in [4.69, 9.17) is 18.7 Å². The second-order valence-electron chi connectivity index (χ2n) is 9.04. The highest BCUT2D eigenvalue weighted by molar-refractivity contribution is 7.93. The lowest BCUT2D eigenvalue weighted by Gasteiger charge is -2.22. The van der Waals surface area contributed by atoms with Crippen molar-refractivity contribution in [1.82, 2.24) is 14.9 Å². The van der Waals surface area contributed by atoms with E-state index in [0.717, 1.165) is 23.1 Å². The number of ether oxygens (including phenoxy) is 3. The molecule has 11 heteroatoms. The van der Waals surface area contributed by atoms with E-state index in [1.165, 1.54) is 7.11 Å². The molecule has 1 N–H and O–H groups in total. The Kier molecular flexibility index (Phi) is 5.32. The maximum atomic E-state index is 13.7. The third kappa shape index (κ3) is 3.57. The topological polar surface area (TPSA) is 118 Å². The lowest BCUT2D eigenvalue weighted by molar-refractivity contribution is 0.267. The highest BCUT2D eigenvalue weighted by Gasteiger charge is 2.46. The number of fused-ring (bicyclic) bond motifs is 4. The highest BCUT2D eigenvalue weighted by Crippen LogP contribution is 2.56. The minimum atomic E-state index is -4.15. The molecule has 0 radical (unpaired) electrons. The van der Waals surface area contributed by atoms with Crippen LogP contribution in [-0.2, 0) is 23.0 Å². The van der Waals surface area contributed by atoms with Crippen molar-refractivity contribution in [1.29, 1.82) is 0 Å². The van der Waals surface area contributed by atoms with Crippen LogP contribution in [0.4, 0.5) is 5.82 Å². The molecule has 1 fully saturated rings. The number of nitrogens with one attached hydrogen (secondary N) is 1. The number of nitrogens with zero attached hydrogens (tertiary/aromatic N) is 3. The van der Waals surface area contributed by atoms with Gasteiger partial charge >= 0.3 is 0 Å². The van der Waals surface area contributed by atoms with Crippen molar-refractivity contribution in [2.24, 2.45) is 5.92 Å². The standard InChI is InChI=1S/C25H26N4O6S/c1-4-16-14(12-29-9-5-8-26-29)11-20-21(22(16)33-3)25(27-35-20)28-36(30,31)24-19(32-2)7-6-17-18-10-15(18)13-34-23(17)24/h5-9,11,15,18H,4,10,12-13H2,1-3H3,(H,27,28). The van der Waals surface area contributed by atoms with Crippen LogP contribution in [0, 0.1) is 5.92 Å². The molecule has 36 heavy (non-hydrogen) atoms. The van der Waals surface area contributed by atoms with Gasteiger partial charge in [0, 0.05) is 18.3 Å². The summed E-state index contributed by atoms with van der Waals surface area (Å²) in [4.78, 5) is -0.0333. The molecule has 1 saturated carbocycles. The van der Waals surface area contributed by atoms with Gasteiger partial charge in [-0.15, -0.1) is 0 Å². The van der Waals surface area contributed by atoms with E-state index in [1.54, 1.807) is 24.1 Å². The van der Waals surface area contributed by atoms with Crippen LogP contribution >= 0.6 is 0 Å². The fourth-order valence-electron chi connectivity index (χ4n) is 5.15. The number of sulfonamides is 1. The summed E-state index contributed by atoms with van der Waals surface area (Å²) < 4.78 is 54.6. The van der Waals surface area contributed by atoms with E-state index in [-0.39, 0.29) is 16.5 Å². The monoisotopic (exact) mass is 510 g/mol. The Labute approximate surface area is 208 Å². The predicted molar refractivity (Wildman–Crippen MR) is 131 cm³/mol. The minimum absolute atomic E-state index is 0.0333. The molecule has 0 amide bonds. The van der Waals surface area contributed by atoms with Crippen molar-refractivity contribution in [3.8, 4) is 17.2 Å². The maximum absolute atomic E-state index is 13.7. The molecule has 1 aliphatic carbocycles. The van der Waals surface area contributed by atoms with Gasteiger partial charge in [0.25, 0.3) is 10.0 Å². The molecular formula is C25H26N4O6S. The van der Waals surface area contributed by atoms with E-state index in [9.17, 15) is 8.42 Å². The number of benzene rings is 2. The van der Waals surface area contributed by atoms with Crippen LogP contribution in [0.3, 0.4) is 0 Å². The Morgan fingerprint density at radius 2 is 2.11 bits per heavy atom. The van der Waals surface area contributed by atoms with Crippen LogP contribution in [0.25, 0.3) is 11.0 Å². The normalized spacial score (nSPS) is 18.3. The zero-order valence-electron chi connectivity index (χ0n) is 20.1. The predicted octanol–water partition coefficient (Wildman–Crippen LogP) is 3.95. The summed E-state index contributed by atoms with van der Waals surface area (Å²) >= 11 is 0. The number of anilines is 1. The number of aromatic nitrogens is 3. The first-order valence-corrected chi connectivity index (χ1v) is 13.3. The summed E-state index contributed by atoms with van der Waals surface area (Å²) in [5.41, 5.74) is 3.17. The Balaban J connectivity index is 1.45. The molecule has 0 bridgehead atoms. The molecule has 0 saturated heterocycles. The smallest absolute Gasteiger partial charge is 0.270 e. The summed E-state index contributed by atoms with van der Waals surface area (Å²) in [5, 5.41) is 8.81. The van der Waals surface area contributed by atoms with Crippen molar-refractivity contribution in [3.63, 3.8) is 0 Å². The van der Waals surface area contributed by atoms with E-state index < -0.39 is 10.0 Å². The zero-order chi connectivity index (χ0) is 25.0. The van der Waals surface area contributed by atoms with Gasteiger partial charge in [0.05, 0.1) is 27.4 Å².